The maximum atomic E-state index is 10.8. The molecule has 0 unspecified atom stereocenters. The monoisotopic (exact) mass is 203 g/mol. The Bertz CT molecular complexity index is 387. The average molecular weight is 203 g/mol. The predicted octanol–water partition coefficient (Wildman–Crippen LogP) is 0.907. The van der Waals surface area contributed by atoms with Crippen molar-refractivity contribution in [2.45, 2.75) is 4.90 Å². The number of benzene rings is 1. The smallest absolute Gasteiger partial charge is 0.282 e. The summed E-state index contributed by atoms with van der Waals surface area (Å²) in [7, 11) is -2.85. The number of para-hydroxylation sites is 1. The first-order chi connectivity index (χ1) is 6.05. The van der Waals surface area contributed by atoms with Crippen LogP contribution in [0.15, 0.2) is 29.2 Å². The second-order valence-electron chi connectivity index (χ2n) is 2.28. The summed E-state index contributed by atoms with van der Waals surface area (Å²) in [4.78, 5) is 4.33. The molecule has 5 nitrogen and oxygen atoms in total. The average Bonchev–Trinajstić information content (AvgIpc) is 2.04. The molecule has 0 saturated carbocycles. The van der Waals surface area contributed by atoms with E-state index < -0.39 is 10.1 Å². The SMILES string of the molecule is CONc1ccccc1S(=O)(=O)O. The van der Waals surface area contributed by atoms with E-state index in [1.54, 1.807) is 6.07 Å². The molecule has 0 spiro atoms. The zero-order chi connectivity index (χ0) is 9.90. The largest absolute Gasteiger partial charge is 0.296 e. The lowest BCUT2D eigenvalue weighted by atomic mass is 10.3. The molecule has 0 fully saturated rings. The fourth-order valence-electron chi connectivity index (χ4n) is 0.886. The zero-order valence-corrected chi connectivity index (χ0v) is 7.71. The third kappa shape index (κ3) is 2.41. The highest BCUT2D eigenvalue weighted by atomic mass is 32.2. The summed E-state index contributed by atoms with van der Waals surface area (Å²) < 4.78 is 30.4. The summed E-state index contributed by atoms with van der Waals surface area (Å²) in [5.41, 5.74) is 2.54. The van der Waals surface area contributed by atoms with Gasteiger partial charge in [0.2, 0.25) is 0 Å². The lowest BCUT2D eigenvalue weighted by Crippen LogP contribution is -2.04. The minimum atomic E-state index is -4.20. The fraction of sp³-hybridized carbons (Fsp3) is 0.143. The lowest BCUT2D eigenvalue weighted by Gasteiger charge is -2.06. The van der Waals surface area contributed by atoms with Crippen LogP contribution in [-0.4, -0.2) is 20.1 Å². The van der Waals surface area contributed by atoms with Crippen molar-refractivity contribution >= 4 is 15.8 Å². The predicted molar refractivity (Wildman–Crippen MR) is 46.9 cm³/mol. The molecule has 13 heavy (non-hydrogen) atoms. The van der Waals surface area contributed by atoms with Crippen LogP contribution in [0, 0.1) is 0 Å². The second-order valence-corrected chi connectivity index (χ2v) is 3.67. The van der Waals surface area contributed by atoms with Crippen LogP contribution in [-0.2, 0) is 15.0 Å². The van der Waals surface area contributed by atoms with Crippen molar-refractivity contribution in [2.75, 3.05) is 12.6 Å². The van der Waals surface area contributed by atoms with Gasteiger partial charge in [0.05, 0.1) is 12.8 Å². The Hall–Kier alpha value is -1.11. The summed E-state index contributed by atoms with van der Waals surface area (Å²) in [5, 5.41) is 0. The molecule has 0 aromatic heterocycles. The highest BCUT2D eigenvalue weighted by Gasteiger charge is 2.13. The molecule has 1 aromatic rings. The number of anilines is 1. The van der Waals surface area contributed by atoms with Crippen LogP contribution < -0.4 is 5.48 Å². The maximum absolute atomic E-state index is 10.8. The van der Waals surface area contributed by atoms with Crippen molar-refractivity contribution in [3.05, 3.63) is 24.3 Å². The molecule has 6 heteroatoms. The van der Waals surface area contributed by atoms with Gasteiger partial charge in [0.1, 0.15) is 4.90 Å². The normalized spacial score (nSPS) is 11.2. The highest BCUT2D eigenvalue weighted by Crippen LogP contribution is 2.19. The van der Waals surface area contributed by atoms with Crippen molar-refractivity contribution in [3.8, 4) is 0 Å². The number of hydrogen-bond acceptors (Lipinski definition) is 4. The first-order valence-electron chi connectivity index (χ1n) is 3.41. The van der Waals surface area contributed by atoms with E-state index in [2.05, 4.69) is 10.3 Å². The van der Waals surface area contributed by atoms with Crippen LogP contribution in [0.5, 0.6) is 0 Å². The van der Waals surface area contributed by atoms with E-state index in [4.69, 9.17) is 4.55 Å². The molecule has 0 atom stereocenters. The van der Waals surface area contributed by atoms with E-state index in [0.717, 1.165) is 0 Å². The number of rotatable bonds is 3. The van der Waals surface area contributed by atoms with Crippen LogP contribution in [0.4, 0.5) is 5.69 Å². The lowest BCUT2D eigenvalue weighted by molar-refractivity contribution is 0.269. The molecule has 0 bridgehead atoms. The van der Waals surface area contributed by atoms with Gasteiger partial charge in [0.15, 0.2) is 0 Å². The molecule has 0 aliphatic rings. The number of nitrogens with one attached hydrogen (secondary N) is 1. The highest BCUT2D eigenvalue weighted by molar-refractivity contribution is 7.86. The van der Waals surface area contributed by atoms with Gasteiger partial charge in [-0.3, -0.25) is 14.9 Å². The molecule has 1 aromatic carbocycles. The zero-order valence-electron chi connectivity index (χ0n) is 6.89. The van der Waals surface area contributed by atoms with Crippen LogP contribution in [0.3, 0.4) is 0 Å². The molecule has 2 N–H and O–H groups in total. The topological polar surface area (TPSA) is 75.6 Å². The molecular weight excluding hydrogens is 194 g/mol. The van der Waals surface area contributed by atoms with Crippen LogP contribution in [0.2, 0.25) is 0 Å². The Balaban J connectivity index is 3.20. The van der Waals surface area contributed by atoms with Crippen molar-refractivity contribution in [1.82, 2.24) is 0 Å². The molecule has 0 aliphatic carbocycles. The third-order valence-electron chi connectivity index (χ3n) is 1.38. The Kier molecular flexibility index (Phi) is 2.86. The van der Waals surface area contributed by atoms with Crippen molar-refractivity contribution in [2.24, 2.45) is 0 Å². The van der Waals surface area contributed by atoms with Gasteiger partial charge in [-0.1, -0.05) is 12.1 Å². The van der Waals surface area contributed by atoms with Gasteiger partial charge in [-0.2, -0.15) is 8.42 Å². The first-order valence-corrected chi connectivity index (χ1v) is 4.85. The molecule has 0 aliphatic heterocycles. The van der Waals surface area contributed by atoms with Gasteiger partial charge >= 0.3 is 0 Å². The first kappa shape index (κ1) is 9.97. The minimum absolute atomic E-state index is 0.201. The van der Waals surface area contributed by atoms with Crippen molar-refractivity contribution < 1.29 is 17.8 Å². The van der Waals surface area contributed by atoms with E-state index in [9.17, 15) is 8.42 Å². The van der Waals surface area contributed by atoms with E-state index >= 15 is 0 Å². The standard InChI is InChI=1S/C7H9NO4S/c1-12-8-6-4-2-3-5-7(6)13(9,10)11/h2-5,8H,1H3,(H,9,10,11). The van der Waals surface area contributed by atoms with Gasteiger partial charge in [0.25, 0.3) is 10.1 Å². The summed E-state index contributed by atoms with van der Waals surface area (Å²) in [6.07, 6.45) is 0. The van der Waals surface area contributed by atoms with Crippen LogP contribution >= 0.6 is 0 Å². The third-order valence-corrected chi connectivity index (χ3v) is 2.29. The molecule has 72 valence electrons. The van der Waals surface area contributed by atoms with E-state index in [1.165, 1.54) is 25.3 Å². The minimum Gasteiger partial charge on any atom is -0.282 e. The quantitative estimate of drug-likeness (QED) is 0.564. The van der Waals surface area contributed by atoms with Crippen LogP contribution in [0.1, 0.15) is 0 Å². The Morgan fingerprint density at radius 2 is 2.00 bits per heavy atom. The van der Waals surface area contributed by atoms with Gasteiger partial charge < -0.3 is 0 Å². The molecule has 0 saturated heterocycles. The summed E-state index contributed by atoms with van der Waals surface area (Å²) in [6, 6.07) is 5.88. The Morgan fingerprint density at radius 1 is 1.38 bits per heavy atom. The molecule has 1 rings (SSSR count). The summed E-state index contributed by atoms with van der Waals surface area (Å²) >= 11 is 0. The van der Waals surface area contributed by atoms with E-state index in [0.29, 0.717) is 0 Å². The summed E-state index contributed by atoms with van der Waals surface area (Å²) in [6.45, 7) is 0. The van der Waals surface area contributed by atoms with Gasteiger partial charge in [-0.05, 0) is 12.1 Å². The molecule has 0 heterocycles. The van der Waals surface area contributed by atoms with Crippen LogP contribution in [0.25, 0.3) is 0 Å². The maximum Gasteiger partial charge on any atom is 0.296 e. The molecule has 0 amide bonds. The Labute approximate surface area is 76.0 Å². The van der Waals surface area contributed by atoms with Crippen molar-refractivity contribution in [3.63, 3.8) is 0 Å². The van der Waals surface area contributed by atoms with Gasteiger partial charge in [0, 0.05) is 0 Å². The summed E-state index contributed by atoms with van der Waals surface area (Å²) in [5.74, 6) is 0. The Morgan fingerprint density at radius 3 is 2.54 bits per heavy atom. The molecule has 0 radical (unpaired) electrons. The molecular formula is C7H9NO4S. The second kappa shape index (κ2) is 3.73. The fourth-order valence-corrected chi connectivity index (χ4v) is 1.52. The van der Waals surface area contributed by atoms with Crippen molar-refractivity contribution in [1.29, 1.82) is 0 Å². The van der Waals surface area contributed by atoms with Gasteiger partial charge in [-0.25, -0.2) is 0 Å². The van der Waals surface area contributed by atoms with Gasteiger partial charge in [-0.15, -0.1) is 0 Å². The van der Waals surface area contributed by atoms with E-state index in [1.807, 2.05) is 0 Å². The van der Waals surface area contributed by atoms with E-state index in [-0.39, 0.29) is 10.6 Å². The number of hydrogen-bond donors (Lipinski definition) is 2.